The molecule has 0 fully saturated rings. The number of guanidine groups is 1. The lowest BCUT2D eigenvalue weighted by Gasteiger charge is -2.16. The van der Waals surface area contributed by atoms with Gasteiger partial charge in [0, 0.05) is 11.4 Å². The van der Waals surface area contributed by atoms with Crippen LogP contribution in [0.5, 0.6) is 0 Å². The molecule has 0 bridgehead atoms. The van der Waals surface area contributed by atoms with Crippen LogP contribution in [0.15, 0.2) is 46.8 Å². The molecule has 2 rings (SSSR count). The van der Waals surface area contributed by atoms with E-state index in [1.165, 1.54) is 4.88 Å². The third-order valence-corrected chi connectivity index (χ3v) is 4.23. The average Bonchev–Trinajstić information content (AvgIpc) is 3.08. The maximum atomic E-state index is 8.81. The smallest absolute Gasteiger partial charge is 0.192 e. The first-order valence-corrected chi connectivity index (χ1v) is 8.18. The van der Waals surface area contributed by atoms with Crippen molar-refractivity contribution < 1.29 is 0 Å². The largest absolute Gasteiger partial charge is 0.357 e. The van der Waals surface area contributed by atoms with Crippen LogP contribution in [0.25, 0.3) is 0 Å². The molecule has 1 aromatic carbocycles. The van der Waals surface area contributed by atoms with E-state index in [-0.39, 0.29) is 6.04 Å². The molecule has 0 saturated heterocycles. The molecule has 5 heteroatoms. The number of benzene rings is 1. The van der Waals surface area contributed by atoms with Crippen LogP contribution in [-0.2, 0) is 6.54 Å². The Labute approximate surface area is 135 Å². The van der Waals surface area contributed by atoms with Crippen molar-refractivity contribution in [2.75, 3.05) is 6.54 Å². The van der Waals surface area contributed by atoms with Gasteiger partial charge in [0.1, 0.15) is 0 Å². The molecule has 1 heterocycles. The normalized spacial score (nSPS) is 12.5. The van der Waals surface area contributed by atoms with E-state index in [0.29, 0.717) is 12.1 Å². The van der Waals surface area contributed by atoms with Crippen molar-refractivity contribution in [1.29, 1.82) is 5.26 Å². The van der Waals surface area contributed by atoms with Crippen LogP contribution in [0.2, 0.25) is 0 Å². The number of thiophene rings is 1. The van der Waals surface area contributed by atoms with Crippen molar-refractivity contribution in [3.05, 3.63) is 57.8 Å². The Hall–Kier alpha value is -2.32. The summed E-state index contributed by atoms with van der Waals surface area (Å²) in [6.07, 6.45) is 0. The van der Waals surface area contributed by atoms with Gasteiger partial charge in [-0.05, 0) is 43.0 Å². The lowest BCUT2D eigenvalue weighted by atomic mass is 10.1. The summed E-state index contributed by atoms with van der Waals surface area (Å²) in [7, 11) is 0. The third kappa shape index (κ3) is 4.61. The molecule has 22 heavy (non-hydrogen) atoms. The number of hydrogen-bond donors (Lipinski definition) is 2. The number of nitriles is 1. The Balaban J connectivity index is 2.01. The van der Waals surface area contributed by atoms with Gasteiger partial charge < -0.3 is 10.6 Å². The number of aliphatic imine (C=N–C) groups is 1. The van der Waals surface area contributed by atoms with E-state index >= 15 is 0 Å². The monoisotopic (exact) mass is 312 g/mol. The van der Waals surface area contributed by atoms with Gasteiger partial charge >= 0.3 is 0 Å². The fraction of sp³-hybridized carbons (Fsp3) is 0.294. The second kappa shape index (κ2) is 8.20. The molecule has 0 amide bonds. The highest BCUT2D eigenvalue weighted by atomic mass is 32.1. The first-order valence-electron chi connectivity index (χ1n) is 7.30. The maximum absolute atomic E-state index is 8.81. The Morgan fingerprint density at radius 1 is 1.32 bits per heavy atom. The van der Waals surface area contributed by atoms with Gasteiger partial charge in [0.2, 0.25) is 0 Å². The third-order valence-electron chi connectivity index (χ3n) is 3.17. The first kappa shape index (κ1) is 16.1. The topological polar surface area (TPSA) is 60.2 Å². The summed E-state index contributed by atoms with van der Waals surface area (Å²) in [5, 5.41) is 17.6. The van der Waals surface area contributed by atoms with Gasteiger partial charge in [0.15, 0.2) is 5.96 Å². The van der Waals surface area contributed by atoms with Crippen LogP contribution in [-0.4, -0.2) is 12.5 Å². The lowest BCUT2D eigenvalue weighted by Crippen LogP contribution is -2.38. The Bertz CT molecular complexity index is 638. The zero-order valence-electron chi connectivity index (χ0n) is 12.8. The predicted molar refractivity (Wildman–Crippen MR) is 91.8 cm³/mol. The van der Waals surface area contributed by atoms with E-state index in [1.54, 1.807) is 11.3 Å². The molecule has 2 aromatic rings. The molecule has 1 atom stereocenters. The van der Waals surface area contributed by atoms with Crippen LogP contribution in [0.1, 0.15) is 35.9 Å². The van der Waals surface area contributed by atoms with E-state index in [2.05, 4.69) is 53.1 Å². The molecular weight excluding hydrogens is 292 g/mol. The molecule has 0 saturated carbocycles. The van der Waals surface area contributed by atoms with E-state index in [4.69, 9.17) is 5.26 Å². The molecule has 0 radical (unpaired) electrons. The average molecular weight is 312 g/mol. The van der Waals surface area contributed by atoms with Crippen molar-refractivity contribution in [2.45, 2.75) is 26.4 Å². The maximum Gasteiger partial charge on any atom is 0.192 e. The second-order valence-electron chi connectivity index (χ2n) is 4.89. The zero-order valence-corrected chi connectivity index (χ0v) is 13.7. The highest BCUT2D eigenvalue weighted by Crippen LogP contribution is 2.17. The fourth-order valence-corrected chi connectivity index (χ4v) is 2.72. The van der Waals surface area contributed by atoms with Gasteiger partial charge in [-0.15, -0.1) is 11.3 Å². The minimum Gasteiger partial charge on any atom is -0.357 e. The Kier molecular flexibility index (Phi) is 5.99. The van der Waals surface area contributed by atoms with Crippen LogP contribution in [0.3, 0.4) is 0 Å². The molecule has 0 aliphatic rings. The molecule has 1 aromatic heterocycles. The zero-order chi connectivity index (χ0) is 15.8. The van der Waals surface area contributed by atoms with Crippen molar-refractivity contribution in [3.8, 4) is 6.07 Å². The van der Waals surface area contributed by atoms with Crippen molar-refractivity contribution in [2.24, 2.45) is 4.99 Å². The van der Waals surface area contributed by atoms with Crippen LogP contribution >= 0.6 is 11.3 Å². The van der Waals surface area contributed by atoms with Crippen LogP contribution in [0.4, 0.5) is 0 Å². The molecule has 0 aliphatic heterocycles. The van der Waals surface area contributed by atoms with E-state index in [9.17, 15) is 0 Å². The summed E-state index contributed by atoms with van der Waals surface area (Å²) >= 11 is 1.73. The van der Waals surface area contributed by atoms with Crippen molar-refractivity contribution >= 4 is 17.3 Å². The SMILES string of the molecule is CCNC(=NCc1ccc(C#N)cc1)NC(C)c1cccs1. The van der Waals surface area contributed by atoms with Gasteiger partial charge in [-0.25, -0.2) is 4.99 Å². The standard InChI is InChI=1S/C17H20N4S/c1-3-19-17(21-13(2)16-5-4-10-22-16)20-12-15-8-6-14(11-18)7-9-15/h4-10,13H,3,12H2,1-2H3,(H2,19,20,21). The number of rotatable bonds is 5. The predicted octanol–water partition coefficient (Wildman–Crippen LogP) is 3.44. The van der Waals surface area contributed by atoms with Crippen LogP contribution < -0.4 is 10.6 Å². The Morgan fingerprint density at radius 2 is 2.09 bits per heavy atom. The summed E-state index contributed by atoms with van der Waals surface area (Å²) in [4.78, 5) is 5.89. The van der Waals surface area contributed by atoms with Crippen molar-refractivity contribution in [3.63, 3.8) is 0 Å². The molecule has 4 nitrogen and oxygen atoms in total. The summed E-state index contributed by atoms with van der Waals surface area (Å²) < 4.78 is 0. The first-order chi connectivity index (χ1) is 10.7. The number of nitrogens with zero attached hydrogens (tertiary/aromatic N) is 2. The van der Waals surface area contributed by atoms with E-state index in [1.807, 2.05) is 24.3 Å². The molecule has 2 N–H and O–H groups in total. The molecule has 0 spiro atoms. The summed E-state index contributed by atoms with van der Waals surface area (Å²) in [5.41, 5.74) is 1.75. The quantitative estimate of drug-likeness (QED) is 0.657. The molecule has 114 valence electrons. The second-order valence-corrected chi connectivity index (χ2v) is 5.86. The van der Waals surface area contributed by atoms with E-state index < -0.39 is 0 Å². The summed E-state index contributed by atoms with van der Waals surface area (Å²) in [6, 6.07) is 14.0. The van der Waals surface area contributed by atoms with Gasteiger partial charge in [-0.3, -0.25) is 0 Å². The Morgan fingerprint density at radius 3 is 2.68 bits per heavy atom. The van der Waals surface area contributed by atoms with Gasteiger partial charge in [0.05, 0.1) is 24.2 Å². The minimum absolute atomic E-state index is 0.221. The van der Waals surface area contributed by atoms with Crippen LogP contribution in [0, 0.1) is 11.3 Å². The lowest BCUT2D eigenvalue weighted by molar-refractivity contribution is 0.698. The summed E-state index contributed by atoms with van der Waals surface area (Å²) in [5.74, 6) is 0.799. The van der Waals surface area contributed by atoms with Gasteiger partial charge in [-0.1, -0.05) is 18.2 Å². The van der Waals surface area contributed by atoms with Gasteiger partial charge in [0.25, 0.3) is 0 Å². The summed E-state index contributed by atoms with van der Waals surface area (Å²) in [6.45, 7) is 5.57. The molecule has 1 unspecified atom stereocenters. The van der Waals surface area contributed by atoms with Crippen molar-refractivity contribution in [1.82, 2.24) is 10.6 Å². The van der Waals surface area contributed by atoms with E-state index in [0.717, 1.165) is 18.1 Å². The molecule has 0 aliphatic carbocycles. The minimum atomic E-state index is 0.221. The number of nitrogens with one attached hydrogen (secondary N) is 2. The fourth-order valence-electron chi connectivity index (χ4n) is 1.99. The van der Waals surface area contributed by atoms with Gasteiger partial charge in [-0.2, -0.15) is 5.26 Å². The number of hydrogen-bond acceptors (Lipinski definition) is 3. The highest BCUT2D eigenvalue weighted by Gasteiger charge is 2.08. The highest BCUT2D eigenvalue weighted by molar-refractivity contribution is 7.10. The molecular formula is C17H20N4S.